The average molecular weight is 492 g/mol. The van der Waals surface area contributed by atoms with E-state index in [1.54, 1.807) is 24.3 Å². The Balaban J connectivity index is 1.43. The number of hydrogen-bond acceptors (Lipinski definition) is 8. The number of carbonyl (C=O) groups is 1. The minimum atomic E-state index is -0.214. The Kier molecular flexibility index (Phi) is 6.53. The number of thiophene rings is 1. The minimum Gasteiger partial charge on any atom is -0.381 e. The normalized spacial score (nSPS) is 16.2. The quantitative estimate of drug-likeness (QED) is 0.390. The molecule has 0 spiro atoms. The first kappa shape index (κ1) is 23.4. The van der Waals surface area contributed by atoms with Gasteiger partial charge in [-0.2, -0.15) is 0 Å². The van der Waals surface area contributed by atoms with E-state index in [-0.39, 0.29) is 17.4 Å². The van der Waals surface area contributed by atoms with Gasteiger partial charge in [-0.05, 0) is 37.8 Å². The first-order valence-corrected chi connectivity index (χ1v) is 12.6. The van der Waals surface area contributed by atoms with E-state index in [9.17, 15) is 4.79 Å². The average Bonchev–Trinajstić information content (AvgIpc) is 3.56. The van der Waals surface area contributed by atoms with Gasteiger partial charge in [-0.25, -0.2) is 9.97 Å². The molecule has 0 saturated carbocycles. The number of nitrogens with one attached hydrogen (secondary N) is 1. The van der Waals surface area contributed by atoms with Crippen LogP contribution in [0.3, 0.4) is 0 Å². The highest BCUT2D eigenvalue weighted by atomic mass is 32.1. The topological polar surface area (TPSA) is 93.4 Å². The number of ether oxygens (including phenoxy) is 1. The van der Waals surface area contributed by atoms with Crippen molar-refractivity contribution in [2.45, 2.75) is 38.1 Å². The van der Waals surface area contributed by atoms with Gasteiger partial charge in [0, 0.05) is 38.3 Å². The zero-order chi connectivity index (χ0) is 24.4. The van der Waals surface area contributed by atoms with Crippen molar-refractivity contribution in [3.05, 3.63) is 70.7 Å². The van der Waals surface area contributed by atoms with Gasteiger partial charge < -0.3 is 19.5 Å². The van der Waals surface area contributed by atoms with E-state index >= 15 is 0 Å². The van der Waals surface area contributed by atoms with Gasteiger partial charge in [-0.15, -0.1) is 11.3 Å². The lowest BCUT2D eigenvalue weighted by Crippen LogP contribution is -2.40. The van der Waals surface area contributed by atoms with Crippen LogP contribution in [-0.4, -0.2) is 52.7 Å². The Bertz CT molecular complexity index is 1300. The highest BCUT2D eigenvalue weighted by Crippen LogP contribution is 2.38. The summed E-state index contributed by atoms with van der Waals surface area (Å²) in [4.78, 5) is 25.6. The summed E-state index contributed by atoms with van der Waals surface area (Å²) < 4.78 is 10.6. The first-order valence-electron chi connectivity index (χ1n) is 11.8. The maximum absolute atomic E-state index is 13.4. The molecule has 1 saturated heterocycles. The van der Waals surface area contributed by atoms with Crippen LogP contribution in [0.15, 0.2) is 53.5 Å². The molecule has 182 valence electrons. The van der Waals surface area contributed by atoms with Crippen LogP contribution in [0.2, 0.25) is 0 Å². The molecule has 4 aromatic rings. The molecular weight excluding hydrogens is 462 g/mol. The van der Waals surface area contributed by atoms with Gasteiger partial charge in [0.05, 0.1) is 16.3 Å². The van der Waals surface area contributed by atoms with Crippen molar-refractivity contribution in [1.29, 1.82) is 0 Å². The number of amides is 1. The predicted molar refractivity (Wildman–Crippen MR) is 136 cm³/mol. The summed E-state index contributed by atoms with van der Waals surface area (Å²) >= 11 is 1.40. The number of nitrogens with zero attached hydrogens (tertiary/aromatic N) is 4. The molecule has 9 heteroatoms. The van der Waals surface area contributed by atoms with Crippen molar-refractivity contribution in [2.24, 2.45) is 0 Å². The van der Waals surface area contributed by atoms with E-state index in [2.05, 4.69) is 44.7 Å². The Morgan fingerprint density at radius 2 is 1.97 bits per heavy atom. The molecular formula is C26H29N5O3S. The SMILES string of the molecule is Cc1c(C(=O)N(C)[C@H](C)c2ccon2)sc2ncnc(NCC3(c4ccccc4)CCOCC3)c12. The maximum Gasteiger partial charge on any atom is 0.264 e. The summed E-state index contributed by atoms with van der Waals surface area (Å²) in [7, 11) is 1.78. The lowest BCUT2D eigenvalue weighted by Gasteiger charge is -2.38. The molecule has 5 rings (SSSR count). The Morgan fingerprint density at radius 3 is 2.69 bits per heavy atom. The summed E-state index contributed by atoms with van der Waals surface area (Å²) in [5, 5.41) is 8.50. The fourth-order valence-corrected chi connectivity index (χ4v) is 5.89. The van der Waals surface area contributed by atoms with Crippen LogP contribution in [0.5, 0.6) is 0 Å². The molecule has 1 fully saturated rings. The van der Waals surface area contributed by atoms with Crippen molar-refractivity contribution >= 4 is 33.3 Å². The van der Waals surface area contributed by atoms with E-state index in [0.29, 0.717) is 10.6 Å². The Hall–Kier alpha value is -3.30. The summed E-state index contributed by atoms with van der Waals surface area (Å²) in [5.41, 5.74) is 2.87. The van der Waals surface area contributed by atoms with Crippen LogP contribution in [0.1, 0.15) is 52.3 Å². The van der Waals surface area contributed by atoms with Gasteiger partial charge in [-0.3, -0.25) is 4.79 Å². The third-order valence-electron chi connectivity index (χ3n) is 7.14. The minimum absolute atomic E-state index is 0.0351. The number of benzene rings is 1. The predicted octanol–water partition coefficient (Wildman–Crippen LogP) is 4.98. The largest absolute Gasteiger partial charge is 0.381 e. The number of aryl methyl sites for hydroxylation is 1. The molecule has 4 heterocycles. The molecule has 1 atom stereocenters. The molecule has 0 bridgehead atoms. The monoisotopic (exact) mass is 491 g/mol. The maximum atomic E-state index is 13.4. The molecule has 1 aromatic carbocycles. The van der Waals surface area contributed by atoms with Crippen molar-refractivity contribution in [2.75, 3.05) is 32.1 Å². The number of hydrogen-bond donors (Lipinski definition) is 1. The Labute approximate surface area is 208 Å². The summed E-state index contributed by atoms with van der Waals surface area (Å²) in [6, 6.07) is 12.2. The second-order valence-electron chi connectivity index (χ2n) is 9.09. The zero-order valence-electron chi connectivity index (χ0n) is 20.2. The molecule has 1 aliphatic heterocycles. The van der Waals surface area contributed by atoms with Gasteiger partial charge in [0.15, 0.2) is 0 Å². The van der Waals surface area contributed by atoms with E-state index in [4.69, 9.17) is 9.26 Å². The van der Waals surface area contributed by atoms with E-state index < -0.39 is 0 Å². The highest BCUT2D eigenvalue weighted by molar-refractivity contribution is 7.20. The third-order valence-corrected chi connectivity index (χ3v) is 8.33. The molecule has 0 radical (unpaired) electrons. The van der Waals surface area contributed by atoms with Gasteiger partial charge in [-0.1, -0.05) is 35.5 Å². The molecule has 1 aliphatic rings. The number of rotatable bonds is 7. The number of carbonyl (C=O) groups excluding carboxylic acids is 1. The summed E-state index contributed by atoms with van der Waals surface area (Å²) in [6.45, 7) is 6.11. The van der Waals surface area contributed by atoms with E-state index in [1.807, 2.05) is 19.9 Å². The van der Waals surface area contributed by atoms with Crippen LogP contribution in [-0.2, 0) is 10.2 Å². The summed E-state index contributed by atoms with van der Waals surface area (Å²) in [5.74, 6) is 0.689. The van der Waals surface area contributed by atoms with Crippen molar-refractivity contribution in [3.63, 3.8) is 0 Å². The fraction of sp³-hybridized carbons (Fsp3) is 0.385. The van der Waals surface area contributed by atoms with Crippen molar-refractivity contribution in [1.82, 2.24) is 20.0 Å². The molecule has 8 nitrogen and oxygen atoms in total. The van der Waals surface area contributed by atoms with Gasteiger partial charge in [0.2, 0.25) is 0 Å². The lowest BCUT2D eigenvalue weighted by atomic mass is 9.74. The van der Waals surface area contributed by atoms with Gasteiger partial charge in [0.1, 0.15) is 28.9 Å². The Morgan fingerprint density at radius 1 is 1.20 bits per heavy atom. The smallest absolute Gasteiger partial charge is 0.264 e. The molecule has 35 heavy (non-hydrogen) atoms. The molecule has 1 N–H and O–H groups in total. The van der Waals surface area contributed by atoms with Crippen LogP contribution >= 0.6 is 11.3 Å². The number of fused-ring (bicyclic) bond motifs is 1. The molecule has 0 unspecified atom stereocenters. The van der Waals surface area contributed by atoms with Crippen molar-refractivity contribution < 1.29 is 14.1 Å². The summed E-state index contributed by atoms with van der Waals surface area (Å²) in [6.07, 6.45) is 4.96. The second-order valence-corrected chi connectivity index (χ2v) is 10.1. The fourth-order valence-electron chi connectivity index (χ4n) is 4.76. The van der Waals surface area contributed by atoms with Gasteiger partial charge in [0.25, 0.3) is 5.91 Å². The second kappa shape index (κ2) is 9.75. The third kappa shape index (κ3) is 4.41. The van der Waals surface area contributed by atoms with Crippen LogP contribution in [0.25, 0.3) is 10.2 Å². The van der Waals surface area contributed by atoms with Crippen LogP contribution in [0, 0.1) is 6.92 Å². The van der Waals surface area contributed by atoms with Crippen molar-refractivity contribution in [3.8, 4) is 0 Å². The van der Waals surface area contributed by atoms with Gasteiger partial charge >= 0.3 is 0 Å². The molecule has 0 aliphatic carbocycles. The van der Waals surface area contributed by atoms with E-state index in [1.165, 1.54) is 23.2 Å². The lowest BCUT2D eigenvalue weighted by molar-refractivity contribution is 0.0543. The van der Waals surface area contributed by atoms with Crippen LogP contribution < -0.4 is 5.32 Å². The highest BCUT2D eigenvalue weighted by Gasteiger charge is 2.35. The number of anilines is 1. The zero-order valence-corrected chi connectivity index (χ0v) is 21.0. The first-order chi connectivity index (χ1) is 17.0. The van der Waals surface area contributed by atoms with E-state index in [0.717, 1.165) is 54.2 Å². The number of aromatic nitrogens is 3. The van der Waals surface area contributed by atoms with Crippen LogP contribution in [0.4, 0.5) is 5.82 Å². The standard InChI is InChI=1S/C26H29N5O3S/c1-17-21-23(27-15-26(10-13-33-14-11-26)19-7-5-4-6-8-19)28-16-29-24(21)35-22(17)25(32)31(3)18(2)20-9-12-34-30-20/h4-9,12,16,18H,10-11,13-15H2,1-3H3,(H,27,28,29)/t18-/m1/s1. The molecule has 1 amide bonds. The molecule has 3 aromatic heterocycles.